The molecule has 1 saturated heterocycles. The summed E-state index contributed by atoms with van der Waals surface area (Å²) in [6.45, 7) is 8.76. The number of carbonyl (C=O) groups is 1. The number of hydrazine groups is 1. The summed E-state index contributed by atoms with van der Waals surface area (Å²) in [5.41, 5.74) is 3.45. The first kappa shape index (κ1) is 14.5. The van der Waals surface area contributed by atoms with Crippen molar-refractivity contribution in [1.82, 2.24) is 10.3 Å². The number of aryl methyl sites for hydroxylation is 1. The van der Waals surface area contributed by atoms with Crippen LogP contribution >= 0.6 is 11.3 Å². The van der Waals surface area contributed by atoms with E-state index in [-0.39, 0.29) is 5.91 Å². The van der Waals surface area contributed by atoms with Crippen LogP contribution in [0.4, 0.5) is 0 Å². The Labute approximate surface area is 118 Å². The number of nitrogens with one attached hydrogen (secondary N) is 1. The molecule has 5 heteroatoms. The van der Waals surface area contributed by atoms with Crippen LogP contribution < -0.4 is 11.3 Å². The molecule has 1 aliphatic rings. The molecule has 1 aliphatic heterocycles. The zero-order chi connectivity index (χ0) is 14.0. The first-order valence-corrected chi connectivity index (χ1v) is 7.67. The lowest BCUT2D eigenvalue weighted by atomic mass is 9.94. The first-order valence-electron chi connectivity index (χ1n) is 6.85. The summed E-state index contributed by atoms with van der Waals surface area (Å²) in [6.07, 6.45) is 2.58. The average molecular weight is 281 g/mol. The molecule has 1 amide bonds. The van der Waals surface area contributed by atoms with Gasteiger partial charge in [0.05, 0.1) is 4.88 Å². The second kappa shape index (κ2) is 6.03. The summed E-state index contributed by atoms with van der Waals surface area (Å²) in [5.74, 6) is 5.76. The Morgan fingerprint density at radius 3 is 2.95 bits per heavy atom. The number of nitrogens with two attached hydrogens (primary N) is 1. The van der Waals surface area contributed by atoms with Crippen molar-refractivity contribution in [2.45, 2.75) is 46.2 Å². The summed E-state index contributed by atoms with van der Waals surface area (Å²) in [5, 5.41) is 0. The monoisotopic (exact) mass is 281 g/mol. The van der Waals surface area contributed by atoms with Crippen molar-refractivity contribution in [3.8, 4) is 0 Å². The second-order valence-corrected chi connectivity index (χ2v) is 6.88. The van der Waals surface area contributed by atoms with E-state index >= 15 is 0 Å². The van der Waals surface area contributed by atoms with Gasteiger partial charge in [0.25, 0.3) is 5.91 Å². The van der Waals surface area contributed by atoms with Gasteiger partial charge < -0.3 is 0 Å². The van der Waals surface area contributed by atoms with Crippen LogP contribution in [0, 0.1) is 12.8 Å². The van der Waals surface area contributed by atoms with Crippen molar-refractivity contribution in [2.24, 2.45) is 11.8 Å². The van der Waals surface area contributed by atoms with Crippen LogP contribution in [-0.2, 0) is 6.54 Å². The molecule has 0 aliphatic carbocycles. The molecule has 2 unspecified atom stereocenters. The number of nitrogens with zero attached hydrogens (tertiary/aromatic N) is 1. The number of nitrogen functional groups attached to an aromatic ring is 1. The van der Waals surface area contributed by atoms with E-state index in [1.807, 2.05) is 6.07 Å². The Balaban J connectivity index is 2.10. The lowest BCUT2D eigenvalue weighted by Crippen LogP contribution is -2.40. The van der Waals surface area contributed by atoms with Gasteiger partial charge in [-0.1, -0.05) is 6.92 Å². The molecule has 3 N–H and O–H groups in total. The molecule has 0 saturated carbocycles. The van der Waals surface area contributed by atoms with Crippen LogP contribution in [0.15, 0.2) is 6.07 Å². The van der Waals surface area contributed by atoms with E-state index in [9.17, 15) is 4.79 Å². The van der Waals surface area contributed by atoms with E-state index in [1.54, 1.807) is 0 Å². The largest absolute Gasteiger partial charge is 0.296 e. The Morgan fingerprint density at radius 2 is 2.26 bits per heavy atom. The van der Waals surface area contributed by atoms with Gasteiger partial charge in [-0.05, 0) is 44.2 Å². The van der Waals surface area contributed by atoms with Gasteiger partial charge in [-0.15, -0.1) is 11.3 Å². The third-order valence-electron chi connectivity index (χ3n) is 4.00. The molecule has 1 fully saturated rings. The van der Waals surface area contributed by atoms with Crippen LogP contribution in [0.1, 0.15) is 46.8 Å². The fourth-order valence-electron chi connectivity index (χ4n) is 2.68. The number of rotatable bonds is 3. The zero-order valence-electron chi connectivity index (χ0n) is 11.9. The van der Waals surface area contributed by atoms with Crippen molar-refractivity contribution in [3.05, 3.63) is 21.4 Å². The number of carbonyl (C=O) groups excluding carboxylic acids is 1. The average Bonchev–Trinajstić information content (AvgIpc) is 2.74. The van der Waals surface area contributed by atoms with Crippen LogP contribution in [0.2, 0.25) is 0 Å². The molecule has 0 aromatic carbocycles. The van der Waals surface area contributed by atoms with Crippen LogP contribution in [0.5, 0.6) is 0 Å². The van der Waals surface area contributed by atoms with Gasteiger partial charge >= 0.3 is 0 Å². The van der Waals surface area contributed by atoms with Crippen LogP contribution in [-0.4, -0.2) is 23.4 Å². The molecule has 0 bridgehead atoms. The van der Waals surface area contributed by atoms with Gasteiger partial charge in [0, 0.05) is 24.0 Å². The SMILES string of the molecule is Cc1sc(C(=O)NN)cc1CN1CC(C)CCC1C. The Morgan fingerprint density at radius 1 is 1.53 bits per heavy atom. The highest BCUT2D eigenvalue weighted by molar-refractivity contribution is 7.14. The van der Waals surface area contributed by atoms with E-state index in [0.29, 0.717) is 10.9 Å². The van der Waals surface area contributed by atoms with Crippen LogP contribution in [0.3, 0.4) is 0 Å². The van der Waals surface area contributed by atoms with Crippen molar-refractivity contribution < 1.29 is 4.79 Å². The van der Waals surface area contributed by atoms with E-state index in [1.165, 1.54) is 34.6 Å². The summed E-state index contributed by atoms with van der Waals surface area (Å²) < 4.78 is 0. The lowest BCUT2D eigenvalue weighted by molar-refractivity contribution is 0.0957. The maximum absolute atomic E-state index is 11.5. The van der Waals surface area contributed by atoms with E-state index in [4.69, 9.17) is 5.84 Å². The van der Waals surface area contributed by atoms with Gasteiger partial charge in [0.15, 0.2) is 0 Å². The van der Waals surface area contributed by atoms with E-state index in [0.717, 1.165) is 19.0 Å². The predicted molar refractivity (Wildman–Crippen MR) is 79.0 cm³/mol. The molecule has 1 aromatic heterocycles. The predicted octanol–water partition coefficient (Wildman–Crippen LogP) is 2.28. The quantitative estimate of drug-likeness (QED) is 0.508. The summed E-state index contributed by atoms with van der Waals surface area (Å²) in [4.78, 5) is 16.0. The molecule has 0 radical (unpaired) electrons. The molecule has 2 atom stereocenters. The number of hydrogen-bond acceptors (Lipinski definition) is 4. The molecule has 19 heavy (non-hydrogen) atoms. The van der Waals surface area contributed by atoms with Crippen molar-refractivity contribution in [2.75, 3.05) is 6.54 Å². The number of likely N-dealkylation sites (tertiary alicyclic amines) is 1. The first-order chi connectivity index (χ1) is 9.01. The maximum atomic E-state index is 11.5. The number of thiophene rings is 1. The van der Waals surface area contributed by atoms with Gasteiger partial charge in [-0.25, -0.2) is 5.84 Å². The van der Waals surface area contributed by atoms with E-state index < -0.39 is 0 Å². The lowest BCUT2D eigenvalue weighted by Gasteiger charge is -2.36. The molecule has 0 spiro atoms. The van der Waals surface area contributed by atoms with E-state index in [2.05, 4.69) is 31.1 Å². The number of amides is 1. The molecule has 106 valence electrons. The zero-order valence-corrected chi connectivity index (χ0v) is 12.7. The molecule has 4 nitrogen and oxygen atoms in total. The molecule has 1 aromatic rings. The number of piperidine rings is 1. The smallest absolute Gasteiger partial charge is 0.275 e. The Kier molecular flexibility index (Phi) is 4.60. The molecule has 2 heterocycles. The van der Waals surface area contributed by atoms with Gasteiger partial charge in [-0.3, -0.25) is 15.1 Å². The molecular formula is C14H23N3OS. The highest BCUT2D eigenvalue weighted by Gasteiger charge is 2.24. The van der Waals surface area contributed by atoms with Gasteiger partial charge in [0.2, 0.25) is 0 Å². The minimum absolute atomic E-state index is 0.195. The Hall–Kier alpha value is -0.910. The fourth-order valence-corrected chi connectivity index (χ4v) is 3.62. The van der Waals surface area contributed by atoms with Crippen molar-refractivity contribution in [3.63, 3.8) is 0 Å². The topological polar surface area (TPSA) is 58.4 Å². The summed E-state index contributed by atoms with van der Waals surface area (Å²) >= 11 is 1.52. The minimum atomic E-state index is -0.195. The van der Waals surface area contributed by atoms with Gasteiger partial charge in [0.1, 0.15) is 0 Å². The minimum Gasteiger partial charge on any atom is -0.296 e. The van der Waals surface area contributed by atoms with Crippen molar-refractivity contribution >= 4 is 17.2 Å². The molecular weight excluding hydrogens is 258 g/mol. The maximum Gasteiger partial charge on any atom is 0.275 e. The third-order valence-corrected chi connectivity index (χ3v) is 5.09. The standard InChI is InChI=1S/C14H23N3OS/c1-9-4-5-10(2)17(7-9)8-12-6-13(14(18)16-15)19-11(12)3/h6,9-10H,4-5,7-8,15H2,1-3H3,(H,16,18). The fraction of sp³-hybridized carbons (Fsp3) is 0.643. The van der Waals surface area contributed by atoms with Crippen molar-refractivity contribution in [1.29, 1.82) is 0 Å². The second-order valence-electron chi connectivity index (χ2n) is 5.63. The summed E-state index contributed by atoms with van der Waals surface area (Å²) in [6, 6.07) is 2.61. The third kappa shape index (κ3) is 3.35. The Bertz CT molecular complexity index is 458. The summed E-state index contributed by atoms with van der Waals surface area (Å²) in [7, 11) is 0. The highest BCUT2D eigenvalue weighted by Crippen LogP contribution is 2.27. The normalized spacial score (nSPS) is 24.4. The van der Waals surface area contributed by atoms with Crippen LogP contribution in [0.25, 0.3) is 0 Å². The highest BCUT2D eigenvalue weighted by atomic mass is 32.1. The van der Waals surface area contributed by atoms with Gasteiger partial charge in [-0.2, -0.15) is 0 Å². The number of hydrogen-bond donors (Lipinski definition) is 2. The molecule has 2 rings (SSSR count).